The zero-order valence-electron chi connectivity index (χ0n) is 15.6. The van der Waals surface area contributed by atoms with Crippen LogP contribution in [-0.2, 0) is 13.1 Å². The molecule has 0 atom stereocenters. The Kier molecular flexibility index (Phi) is 6.20. The Labute approximate surface area is 159 Å². The van der Waals surface area contributed by atoms with Gasteiger partial charge >= 0.3 is 0 Å². The highest BCUT2D eigenvalue weighted by Gasteiger charge is 2.08. The molecule has 6 heteroatoms. The smallest absolute Gasteiger partial charge is 0.191 e. The minimum absolute atomic E-state index is 0.286. The van der Waals surface area contributed by atoms with E-state index in [1.165, 1.54) is 11.6 Å². The second kappa shape index (κ2) is 8.98. The summed E-state index contributed by atoms with van der Waals surface area (Å²) in [5, 5.41) is 6.51. The molecule has 1 aromatic heterocycles. The molecular formula is C21H24FN5. The lowest BCUT2D eigenvalue weighted by Gasteiger charge is -2.12. The van der Waals surface area contributed by atoms with Crippen molar-refractivity contribution in [1.82, 2.24) is 20.2 Å². The van der Waals surface area contributed by atoms with E-state index in [0.717, 1.165) is 17.9 Å². The van der Waals surface area contributed by atoms with Gasteiger partial charge in [0, 0.05) is 25.5 Å². The van der Waals surface area contributed by atoms with Gasteiger partial charge in [-0.1, -0.05) is 36.4 Å². The van der Waals surface area contributed by atoms with E-state index >= 15 is 0 Å². The number of nitrogens with one attached hydrogen (secondary N) is 2. The van der Waals surface area contributed by atoms with E-state index in [1.807, 2.05) is 38.1 Å². The fraction of sp³-hybridized carbons (Fsp3) is 0.238. The summed E-state index contributed by atoms with van der Waals surface area (Å²) in [4.78, 5) is 8.70. The summed E-state index contributed by atoms with van der Waals surface area (Å²) in [6.45, 7) is 5.69. The molecule has 0 saturated carbocycles. The Hall–Kier alpha value is -3.15. The zero-order chi connectivity index (χ0) is 19.1. The normalized spacial score (nSPS) is 11.4. The van der Waals surface area contributed by atoms with E-state index in [0.29, 0.717) is 24.7 Å². The van der Waals surface area contributed by atoms with Crippen LogP contribution in [0.2, 0.25) is 0 Å². The molecule has 3 aromatic rings. The Morgan fingerprint density at radius 3 is 2.59 bits per heavy atom. The third-order valence-corrected chi connectivity index (χ3v) is 4.16. The van der Waals surface area contributed by atoms with Crippen molar-refractivity contribution in [2.75, 3.05) is 6.54 Å². The van der Waals surface area contributed by atoms with E-state index in [2.05, 4.69) is 32.7 Å². The molecule has 1 heterocycles. The van der Waals surface area contributed by atoms with Crippen LogP contribution in [0.4, 0.5) is 4.39 Å². The summed E-state index contributed by atoms with van der Waals surface area (Å²) in [7, 11) is 0. The maximum Gasteiger partial charge on any atom is 0.191 e. The summed E-state index contributed by atoms with van der Waals surface area (Å²) in [6.07, 6.45) is 3.41. The molecule has 0 unspecified atom stereocenters. The number of nitrogens with zero attached hydrogens (tertiary/aromatic N) is 3. The summed E-state index contributed by atoms with van der Waals surface area (Å²) in [5.74, 6) is 1.17. The van der Waals surface area contributed by atoms with Gasteiger partial charge in [-0.3, -0.25) is 0 Å². The van der Waals surface area contributed by atoms with Gasteiger partial charge in [0.05, 0.1) is 12.2 Å². The van der Waals surface area contributed by atoms with Crippen LogP contribution in [-0.4, -0.2) is 22.1 Å². The quantitative estimate of drug-likeness (QED) is 0.519. The second-order valence-corrected chi connectivity index (χ2v) is 6.16. The van der Waals surface area contributed by atoms with Gasteiger partial charge in [0.25, 0.3) is 0 Å². The number of benzene rings is 2. The number of imidazole rings is 1. The highest BCUT2D eigenvalue weighted by Crippen LogP contribution is 2.17. The molecule has 2 N–H and O–H groups in total. The van der Waals surface area contributed by atoms with Crippen molar-refractivity contribution in [2.45, 2.75) is 26.9 Å². The van der Waals surface area contributed by atoms with Crippen LogP contribution < -0.4 is 10.6 Å². The molecule has 0 fully saturated rings. The molecule has 0 saturated heterocycles. The van der Waals surface area contributed by atoms with Crippen LogP contribution in [0.25, 0.3) is 5.69 Å². The van der Waals surface area contributed by atoms with Crippen LogP contribution >= 0.6 is 0 Å². The summed E-state index contributed by atoms with van der Waals surface area (Å²) < 4.78 is 16.2. The monoisotopic (exact) mass is 365 g/mol. The maximum absolute atomic E-state index is 14.5. The van der Waals surface area contributed by atoms with Crippen molar-refractivity contribution >= 4 is 5.96 Å². The first-order chi connectivity index (χ1) is 13.2. The van der Waals surface area contributed by atoms with Gasteiger partial charge in [0.1, 0.15) is 11.6 Å². The predicted molar refractivity (Wildman–Crippen MR) is 106 cm³/mol. The van der Waals surface area contributed by atoms with Crippen LogP contribution in [0.1, 0.15) is 23.9 Å². The van der Waals surface area contributed by atoms with Crippen LogP contribution in [0.15, 0.2) is 65.9 Å². The van der Waals surface area contributed by atoms with Crippen molar-refractivity contribution in [1.29, 1.82) is 0 Å². The number of guanidine groups is 1. The molecule has 140 valence electrons. The lowest BCUT2D eigenvalue weighted by atomic mass is 10.2. The third-order valence-electron chi connectivity index (χ3n) is 4.16. The van der Waals surface area contributed by atoms with E-state index < -0.39 is 0 Å². The maximum atomic E-state index is 14.5. The molecule has 27 heavy (non-hydrogen) atoms. The summed E-state index contributed by atoms with van der Waals surface area (Å²) in [5.41, 5.74) is 2.48. The first-order valence-electron chi connectivity index (χ1n) is 9.02. The number of hydrogen-bond acceptors (Lipinski definition) is 2. The number of rotatable bonds is 6. The number of aromatic nitrogens is 2. The van der Waals surface area contributed by atoms with E-state index in [9.17, 15) is 4.39 Å². The topological polar surface area (TPSA) is 54.2 Å². The van der Waals surface area contributed by atoms with Crippen molar-refractivity contribution in [3.63, 3.8) is 0 Å². The van der Waals surface area contributed by atoms with Crippen molar-refractivity contribution in [2.24, 2.45) is 4.99 Å². The molecule has 5 nitrogen and oxygen atoms in total. The number of aliphatic imine (C=N–C) groups is 1. The molecule has 0 radical (unpaired) electrons. The molecule has 3 rings (SSSR count). The third kappa shape index (κ3) is 4.94. The number of hydrogen-bond donors (Lipinski definition) is 2. The predicted octanol–water partition coefficient (Wildman–Crippen LogP) is 3.58. The minimum atomic E-state index is -0.286. The SMILES string of the molecule is CCNC(=NCc1ccc(-n2ccnc2C)c(F)c1)NCc1ccccc1. The molecule has 0 aliphatic carbocycles. The number of aryl methyl sites for hydroxylation is 1. The van der Waals surface area contributed by atoms with Crippen LogP contribution in [0.5, 0.6) is 0 Å². The average Bonchev–Trinajstić information content (AvgIpc) is 3.10. The molecule has 0 amide bonds. The van der Waals surface area contributed by atoms with E-state index in [1.54, 1.807) is 23.0 Å². The average molecular weight is 365 g/mol. The lowest BCUT2D eigenvalue weighted by molar-refractivity contribution is 0.614. The highest BCUT2D eigenvalue weighted by molar-refractivity contribution is 5.79. The lowest BCUT2D eigenvalue weighted by Crippen LogP contribution is -2.36. The zero-order valence-corrected chi connectivity index (χ0v) is 15.6. The summed E-state index contributed by atoms with van der Waals surface area (Å²) in [6, 6.07) is 15.3. The molecule has 2 aromatic carbocycles. The first-order valence-corrected chi connectivity index (χ1v) is 9.02. The largest absolute Gasteiger partial charge is 0.357 e. The standard InChI is InChI=1S/C21H24FN5/c1-3-23-21(25-14-17-7-5-4-6-8-17)26-15-18-9-10-20(19(22)13-18)27-12-11-24-16(27)2/h4-13H,3,14-15H2,1-2H3,(H2,23,25,26). The Morgan fingerprint density at radius 1 is 1.11 bits per heavy atom. The second-order valence-electron chi connectivity index (χ2n) is 6.16. The fourth-order valence-electron chi connectivity index (χ4n) is 2.77. The van der Waals surface area contributed by atoms with Gasteiger partial charge in [0.15, 0.2) is 5.96 Å². The highest BCUT2D eigenvalue weighted by atomic mass is 19.1. The van der Waals surface area contributed by atoms with Crippen molar-refractivity contribution in [3.8, 4) is 5.69 Å². The van der Waals surface area contributed by atoms with Gasteiger partial charge in [0.2, 0.25) is 0 Å². The van der Waals surface area contributed by atoms with Crippen LogP contribution in [0.3, 0.4) is 0 Å². The van der Waals surface area contributed by atoms with Crippen LogP contribution in [0, 0.1) is 12.7 Å². The Balaban J connectivity index is 1.68. The van der Waals surface area contributed by atoms with E-state index in [-0.39, 0.29) is 5.82 Å². The van der Waals surface area contributed by atoms with Gasteiger partial charge in [-0.25, -0.2) is 14.4 Å². The molecule has 0 spiro atoms. The fourth-order valence-corrected chi connectivity index (χ4v) is 2.77. The number of halogens is 1. The Bertz CT molecular complexity index is 902. The molecular weight excluding hydrogens is 341 g/mol. The van der Waals surface area contributed by atoms with Gasteiger partial charge < -0.3 is 15.2 Å². The molecule has 0 bridgehead atoms. The minimum Gasteiger partial charge on any atom is -0.357 e. The van der Waals surface area contributed by atoms with Gasteiger partial charge in [-0.2, -0.15) is 0 Å². The molecule has 0 aliphatic rings. The van der Waals surface area contributed by atoms with Crippen molar-refractivity contribution in [3.05, 3.63) is 83.7 Å². The summed E-state index contributed by atoms with van der Waals surface area (Å²) >= 11 is 0. The van der Waals surface area contributed by atoms with E-state index in [4.69, 9.17) is 0 Å². The molecule has 0 aliphatic heterocycles. The Morgan fingerprint density at radius 2 is 1.93 bits per heavy atom. The van der Waals surface area contributed by atoms with Gasteiger partial charge in [-0.05, 0) is 37.1 Å². The van der Waals surface area contributed by atoms with Crippen molar-refractivity contribution < 1.29 is 4.39 Å². The first kappa shape index (κ1) is 18.6. The van der Waals surface area contributed by atoms with Gasteiger partial charge in [-0.15, -0.1) is 0 Å².